The predicted molar refractivity (Wildman–Crippen MR) is 109 cm³/mol. The molecule has 1 amide bonds. The lowest BCUT2D eigenvalue weighted by Crippen LogP contribution is -2.46. The van der Waals surface area contributed by atoms with Gasteiger partial charge in [-0.1, -0.05) is 26.0 Å². The van der Waals surface area contributed by atoms with Gasteiger partial charge in [-0.3, -0.25) is 4.79 Å². The quantitative estimate of drug-likeness (QED) is 0.792. The van der Waals surface area contributed by atoms with Crippen molar-refractivity contribution in [3.05, 3.63) is 48.0 Å². The zero-order chi connectivity index (χ0) is 20.3. The normalized spacial score (nSPS) is 17.8. The summed E-state index contributed by atoms with van der Waals surface area (Å²) in [6.07, 6.45) is 1.99. The van der Waals surface area contributed by atoms with Gasteiger partial charge in [-0.15, -0.1) is 0 Å². The zero-order valence-corrected chi connectivity index (χ0v) is 17.0. The molecule has 0 bridgehead atoms. The molecule has 1 fully saturated rings. The Morgan fingerprint density at radius 2 is 1.93 bits per heavy atom. The summed E-state index contributed by atoms with van der Waals surface area (Å²) in [6, 6.07) is 8.37. The Hall–Kier alpha value is -2.70. The van der Waals surface area contributed by atoms with Crippen LogP contribution in [-0.2, 0) is 11.3 Å². The fourth-order valence-electron chi connectivity index (χ4n) is 3.50. The Balaban J connectivity index is 1.85. The molecule has 1 saturated heterocycles. The van der Waals surface area contributed by atoms with Gasteiger partial charge in [-0.2, -0.15) is 0 Å². The van der Waals surface area contributed by atoms with E-state index in [2.05, 4.69) is 28.7 Å². The molecule has 0 N–H and O–H groups in total. The minimum atomic E-state index is -0.266. The first-order valence-electron chi connectivity index (χ1n) is 9.63. The standard InChI is InChI=1S/C21H28FN5O/c1-15(2)18-13-26(20-11-19(25(3)4)23-14-24-20)10-9-21(28)27(18)12-16-5-7-17(22)8-6-16/h5-8,11,14-15,18H,9-10,12-13H2,1-4H3. The Labute approximate surface area is 166 Å². The zero-order valence-electron chi connectivity index (χ0n) is 17.0. The highest BCUT2D eigenvalue weighted by molar-refractivity contribution is 5.78. The molecule has 1 aromatic heterocycles. The molecular formula is C21H28FN5O. The number of nitrogens with zero attached hydrogens (tertiary/aromatic N) is 5. The third kappa shape index (κ3) is 4.58. The van der Waals surface area contributed by atoms with Crippen molar-refractivity contribution < 1.29 is 9.18 Å². The highest BCUT2D eigenvalue weighted by Crippen LogP contribution is 2.25. The molecule has 0 radical (unpaired) electrons. The number of amides is 1. The summed E-state index contributed by atoms with van der Waals surface area (Å²) >= 11 is 0. The third-order valence-corrected chi connectivity index (χ3v) is 5.18. The van der Waals surface area contributed by atoms with Crippen molar-refractivity contribution in [2.45, 2.75) is 32.9 Å². The van der Waals surface area contributed by atoms with Crippen LogP contribution in [0.3, 0.4) is 0 Å². The van der Waals surface area contributed by atoms with E-state index in [1.807, 2.05) is 30.0 Å². The summed E-state index contributed by atoms with van der Waals surface area (Å²) < 4.78 is 13.2. The summed E-state index contributed by atoms with van der Waals surface area (Å²) in [5, 5.41) is 0. The molecule has 1 unspecified atom stereocenters. The van der Waals surface area contributed by atoms with Crippen LogP contribution in [0.1, 0.15) is 25.8 Å². The van der Waals surface area contributed by atoms with E-state index in [0.29, 0.717) is 26.1 Å². The van der Waals surface area contributed by atoms with Gasteiger partial charge in [0.25, 0.3) is 0 Å². The first-order chi connectivity index (χ1) is 13.3. The molecule has 1 atom stereocenters. The molecule has 28 heavy (non-hydrogen) atoms. The van der Waals surface area contributed by atoms with Crippen molar-refractivity contribution in [2.75, 3.05) is 37.0 Å². The molecular weight excluding hydrogens is 357 g/mol. The number of hydrogen-bond acceptors (Lipinski definition) is 5. The van der Waals surface area contributed by atoms with Crippen LogP contribution < -0.4 is 9.80 Å². The number of halogens is 1. The fraction of sp³-hybridized carbons (Fsp3) is 0.476. The molecule has 1 aliphatic rings. The maximum Gasteiger partial charge on any atom is 0.224 e. The number of carbonyl (C=O) groups excluding carboxylic acids is 1. The molecule has 6 nitrogen and oxygen atoms in total. The van der Waals surface area contributed by atoms with E-state index in [-0.39, 0.29) is 23.7 Å². The van der Waals surface area contributed by atoms with Crippen molar-refractivity contribution in [3.8, 4) is 0 Å². The lowest BCUT2D eigenvalue weighted by Gasteiger charge is -2.35. The SMILES string of the molecule is CC(C)C1CN(c2cc(N(C)C)ncn2)CCC(=O)N1Cc1ccc(F)cc1. The molecule has 2 heterocycles. The van der Waals surface area contributed by atoms with Gasteiger partial charge < -0.3 is 14.7 Å². The average Bonchev–Trinajstić information content (AvgIpc) is 2.83. The van der Waals surface area contributed by atoms with Crippen molar-refractivity contribution in [1.29, 1.82) is 0 Å². The van der Waals surface area contributed by atoms with Gasteiger partial charge in [0.05, 0.1) is 6.04 Å². The second kappa shape index (κ2) is 8.54. The van der Waals surface area contributed by atoms with Crippen LogP contribution in [-0.4, -0.2) is 54.0 Å². The van der Waals surface area contributed by atoms with Crippen LogP contribution in [0.2, 0.25) is 0 Å². The van der Waals surface area contributed by atoms with Crippen molar-refractivity contribution in [1.82, 2.24) is 14.9 Å². The number of benzene rings is 1. The van der Waals surface area contributed by atoms with Crippen molar-refractivity contribution >= 4 is 17.5 Å². The first-order valence-corrected chi connectivity index (χ1v) is 9.63. The Bertz CT molecular complexity index is 809. The molecule has 0 spiro atoms. The lowest BCUT2D eigenvalue weighted by molar-refractivity contribution is -0.134. The first kappa shape index (κ1) is 20.0. The second-order valence-corrected chi connectivity index (χ2v) is 7.78. The molecule has 1 aliphatic heterocycles. The molecule has 150 valence electrons. The van der Waals surface area contributed by atoms with Crippen molar-refractivity contribution in [3.63, 3.8) is 0 Å². The number of rotatable bonds is 5. The number of carbonyl (C=O) groups is 1. The molecule has 7 heteroatoms. The van der Waals surface area contributed by atoms with Gasteiger partial charge in [0.15, 0.2) is 0 Å². The van der Waals surface area contributed by atoms with E-state index in [0.717, 1.165) is 17.2 Å². The fourth-order valence-corrected chi connectivity index (χ4v) is 3.50. The number of hydrogen-bond donors (Lipinski definition) is 0. The van der Waals surface area contributed by atoms with E-state index in [1.165, 1.54) is 12.1 Å². The van der Waals surface area contributed by atoms with Gasteiger partial charge in [-0.25, -0.2) is 14.4 Å². The Kier molecular flexibility index (Phi) is 6.11. The van der Waals surface area contributed by atoms with Gasteiger partial charge in [0.2, 0.25) is 5.91 Å². The predicted octanol–water partition coefficient (Wildman–Crippen LogP) is 2.95. The summed E-state index contributed by atoms with van der Waals surface area (Å²) in [4.78, 5) is 27.7. The van der Waals surface area contributed by atoms with Crippen LogP contribution in [0.5, 0.6) is 0 Å². The molecule has 0 saturated carbocycles. The maximum atomic E-state index is 13.2. The summed E-state index contributed by atoms with van der Waals surface area (Å²) in [6.45, 7) is 6.07. The van der Waals surface area contributed by atoms with Gasteiger partial charge in [0.1, 0.15) is 23.8 Å². The number of anilines is 2. The van der Waals surface area contributed by atoms with Gasteiger partial charge in [-0.05, 0) is 23.6 Å². The minimum Gasteiger partial charge on any atom is -0.363 e. The van der Waals surface area contributed by atoms with Crippen LogP contribution >= 0.6 is 0 Å². The number of aromatic nitrogens is 2. The maximum absolute atomic E-state index is 13.2. The van der Waals surface area contributed by atoms with Gasteiger partial charge >= 0.3 is 0 Å². The van der Waals surface area contributed by atoms with E-state index in [4.69, 9.17) is 0 Å². The van der Waals surface area contributed by atoms with E-state index >= 15 is 0 Å². The molecule has 3 rings (SSSR count). The molecule has 0 aliphatic carbocycles. The Morgan fingerprint density at radius 3 is 2.57 bits per heavy atom. The summed E-state index contributed by atoms with van der Waals surface area (Å²) in [5.41, 5.74) is 0.936. The van der Waals surface area contributed by atoms with Crippen LogP contribution in [0.25, 0.3) is 0 Å². The summed E-state index contributed by atoms with van der Waals surface area (Å²) in [7, 11) is 3.89. The summed E-state index contributed by atoms with van der Waals surface area (Å²) in [5.74, 6) is 1.80. The third-order valence-electron chi connectivity index (χ3n) is 5.18. The van der Waals surface area contributed by atoms with E-state index in [9.17, 15) is 9.18 Å². The monoisotopic (exact) mass is 385 g/mol. The minimum absolute atomic E-state index is 0.0397. The smallest absolute Gasteiger partial charge is 0.224 e. The van der Waals surface area contributed by atoms with Crippen LogP contribution in [0.15, 0.2) is 36.7 Å². The van der Waals surface area contributed by atoms with E-state index < -0.39 is 0 Å². The van der Waals surface area contributed by atoms with E-state index in [1.54, 1.807) is 18.5 Å². The van der Waals surface area contributed by atoms with Crippen molar-refractivity contribution in [2.24, 2.45) is 5.92 Å². The van der Waals surface area contributed by atoms with Crippen LogP contribution in [0.4, 0.5) is 16.0 Å². The highest BCUT2D eigenvalue weighted by atomic mass is 19.1. The lowest BCUT2D eigenvalue weighted by atomic mass is 10.0. The Morgan fingerprint density at radius 1 is 1.21 bits per heavy atom. The highest BCUT2D eigenvalue weighted by Gasteiger charge is 2.32. The largest absolute Gasteiger partial charge is 0.363 e. The molecule has 1 aromatic carbocycles. The second-order valence-electron chi connectivity index (χ2n) is 7.78. The molecule has 2 aromatic rings. The van der Waals surface area contributed by atoms with Crippen LogP contribution in [0, 0.1) is 11.7 Å². The van der Waals surface area contributed by atoms with Gasteiger partial charge in [0, 0.05) is 46.2 Å². The topological polar surface area (TPSA) is 52.6 Å². The average molecular weight is 385 g/mol.